The molecule has 1 N–H and O–H groups in total. The van der Waals surface area contributed by atoms with Crippen LogP contribution in [-0.4, -0.2) is 49.1 Å². The highest BCUT2D eigenvalue weighted by atomic mass is 32.2. The van der Waals surface area contributed by atoms with E-state index >= 15 is 0 Å². The molecule has 0 spiro atoms. The molecule has 0 unspecified atom stereocenters. The summed E-state index contributed by atoms with van der Waals surface area (Å²) in [4.78, 5) is 11.9. The molecule has 0 aliphatic carbocycles. The van der Waals surface area contributed by atoms with Gasteiger partial charge in [0.25, 0.3) is 0 Å². The molecule has 2 rings (SSSR count). The van der Waals surface area contributed by atoms with Gasteiger partial charge >= 0.3 is 16.3 Å². The van der Waals surface area contributed by atoms with E-state index in [0.29, 0.717) is 31.7 Å². The monoisotopic (exact) mass is 360 g/mol. The number of carbonyl (C=O) groups excluding carboxylic acids is 1. The van der Waals surface area contributed by atoms with Gasteiger partial charge in [-0.25, -0.2) is 13.8 Å². The first kappa shape index (κ1) is 18.5. The summed E-state index contributed by atoms with van der Waals surface area (Å²) in [6, 6.07) is -0.317. The van der Waals surface area contributed by atoms with E-state index in [1.54, 1.807) is 34.0 Å². The largest absolute Gasteiger partial charge is 0.443 e. The summed E-state index contributed by atoms with van der Waals surface area (Å²) in [6.45, 7) is 5.91. The van der Waals surface area contributed by atoms with E-state index < -0.39 is 21.9 Å². The molecule has 0 atom stereocenters. The lowest BCUT2D eigenvalue weighted by Crippen LogP contribution is -2.51. The molecule has 10 heteroatoms. The minimum Gasteiger partial charge on any atom is -0.443 e. The third-order valence-electron chi connectivity index (χ3n) is 3.34. The number of ether oxygens (including phenoxy) is 2. The molecule has 1 saturated heterocycles. The number of nitrogens with zero attached hydrogens (tertiary/aromatic N) is 3. The van der Waals surface area contributed by atoms with Crippen LogP contribution < -0.4 is 9.03 Å². The molecule has 9 nitrogen and oxygen atoms in total. The maximum absolute atomic E-state index is 12.8. The van der Waals surface area contributed by atoms with Crippen LogP contribution in [0.5, 0.6) is 0 Å². The third-order valence-corrected chi connectivity index (χ3v) is 4.79. The van der Waals surface area contributed by atoms with E-state index in [1.165, 1.54) is 15.2 Å². The molecule has 0 bridgehead atoms. The Bertz CT molecular complexity index is 674. The zero-order valence-electron chi connectivity index (χ0n) is 14.4. The molecule has 24 heavy (non-hydrogen) atoms. The quantitative estimate of drug-likeness (QED) is 0.865. The topological polar surface area (TPSA) is 103 Å². The molecular weight excluding hydrogens is 336 g/mol. The maximum Gasteiger partial charge on any atom is 0.422 e. The first-order valence-electron chi connectivity index (χ1n) is 7.70. The fourth-order valence-electron chi connectivity index (χ4n) is 2.44. The van der Waals surface area contributed by atoms with Gasteiger partial charge in [-0.2, -0.15) is 13.5 Å². The summed E-state index contributed by atoms with van der Waals surface area (Å²) in [6.07, 6.45) is 3.09. The first-order valence-corrected chi connectivity index (χ1v) is 9.14. The Balaban J connectivity index is 2.26. The highest BCUT2D eigenvalue weighted by Crippen LogP contribution is 2.25. The Morgan fingerprint density at radius 1 is 1.42 bits per heavy atom. The Morgan fingerprint density at radius 2 is 2.04 bits per heavy atom. The highest BCUT2D eigenvalue weighted by Gasteiger charge is 2.34. The van der Waals surface area contributed by atoms with Crippen molar-refractivity contribution in [2.24, 2.45) is 7.05 Å². The van der Waals surface area contributed by atoms with Crippen molar-refractivity contribution in [1.82, 2.24) is 14.5 Å². The molecule has 1 fully saturated rings. The number of rotatable bonds is 4. The van der Waals surface area contributed by atoms with Crippen molar-refractivity contribution in [1.29, 1.82) is 0 Å². The van der Waals surface area contributed by atoms with E-state index in [9.17, 15) is 13.2 Å². The normalized spacial score (nSPS) is 16.7. The summed E-state index contributed by atoms with van der Waals surface area (Å²) < 4.78 is 40.6. The third kappa shape index (κ3) is 4.84. The van der Waals surface area contributed by atoms with Gasteiger partial charge in [0.1, 0.15) is 5.60 Å². The zero-order valence-corrected chi connectivity index (χ0v) is 15.2. The molecule has 1 aromatic heterocycles. The predicted molar refractivity (Wildman–Crippen MR) is 87.8 cm³/mol. The lowest BCUT2D eigenvalue weighted by molar-refractivity contribution is 0.0569. The second-order valence-corrected chi connectivity index (χ2v) is 8.17. The van der Waals surface area contributed by atoms with E-state index in [4.69, 9.17) is 9.47 Å². The summed E-state index contributed by atoms with van der Waals surface area (Å²) in [5.41, 5.74) is -0.405. The minimum atomic E-state index is -4.13. The van der Waals surface area contributed by atoms with E-state index in [-0.39, 0.29) is 6.04 Å². The number of anilines is 1. The van der Waals surface area contributed by atoms with Crippen molar-refractivity contribution in [2.75, 3.05) is 17.5 Å². The van der Waals surface area contributed by atoms with Gasteiger partial charge in [-0.1, -0.05) is 0 Å². The van der Waals surface area contributed by atoms with Gasteiger partial charge in [0.2, 0.25) is 0 Å². The molecular formula is C14H24N4O5S. The van der Waals surface area contributed by atoms with Gasteiger partial charge in [0.05, 0.1) is 17.9 Å². The molecule has 0 saturated carbocycles. The summed E-state index contributed by atoms with van der Waals surface area (Å²) >= 11 is 0. The molecule has 2 heterocycles. The Labute approximate surface area is 142 Å². The van der Waals surface area contributed by atoms with E-state index in [1.807, 2.05) is 4.72 Å². The number of carbonyl (C=O) groups is 1. The van der Waals surface area contributed by atoms with Crippen LogP contribution in [0.25, 0.3) is 0 Å². The standard InChI is InChI=1S/C14H24N4O5S/c1-14(2,3)23-13(19)16-24(20,21)18(11-5-7-22-8-6-11)12-9-15-17(4)10-12/h9-11H,5-8H2,1-4H3,(H,16,19). The first-order chi connectivity index (χ1) is 11.1. The number of aryl methyl sites for hydroxylation is 1. The summed E-state index contributed by atoms with van der Waals surface area (Å²) in [5, 5.41) is 4.02. The number of aromatic nitrogens is 2. The van der Waals surface area contributed by atoms with Crippen molar-refractivity contribution in [3.63, 3.8) is 0 Å². The van der Waals surface area contributed by atoms with Gasteiger partial charge in [-0.05, 0) is 33.6 Å². The number of nitrogens with one attached hydrogen (secondary N) is 1. The molecule has 1 aromatic rings. The minimum absolute atomic E-state index is 0.317. The lowest BCUT2D eigenvalue weighted by atomic mass is 10.1. The Hall–Kier alpha value is -1.81. The average Bonchev–Trinajstić information content (AvgIpc) is 2.82. The SMILES string of the molecule is Cn1cc(N(C2CCOCC2)S(=O)(=O)NC(=O)OC(C)(C)C)cn1. The van der Waals surface area contributed by atoms with Crippen LogP contribution >= 0.6 is 0 Å². The molecule has 136 valence electrons. The Kier molecular flexibility index (Phi) is 5.38. The average molecular weight is 360 g/mol. The van der Waals surface area contributed by atoms with E-state index in [2.05, 4.69) is 5.10 Å². The molecule has 0 radical (unpaired) electrons. The van der Waals surface area contributed by atoms with Crippen LogP contribution in [0.2, 0.25) is 0 Å². The zero-order chi connectivity index (χ0) is 18.0. The fraction of sp³-hybridized carbons (Fsp3) is 0.714. The van der Waals surface area contributed by atoms with Crippen LogP contribution in [-0.2, 0) is 26.7 Å². The molecule has 1 amide bonds. The summed E-state index contributed by atoms with van der Waals surface area (Å²) in [5.74, 6) is 0. The lowest BCUT2D eigenvalue weighted by Gasteiger charge is -2.34. The smallest absolute Gasteiger partial charge is 0.422 e. The highest BCUT2D eigenvalue weighted by molar-refractivity contribution is 7.91. The van der Waals surface area contributed by atoms with Crippen LogP contribution in [0.3, 0.4) is 0 Å². The number of amides is 1. The number of hydrogen-bond donors (Lipinski definition) is 1. The van der Waals surface area contributed by atoms with Gasteiger partial charge in [-0.3, -0.25) is 4.68 Å². The van der Waals surface area contributed by atoms with Crippen molar-refractivity contribution in [3.05, 3.63) is 12.4 Å². The van der Waals surface area contributed by atoms with Gasteiger partial charge < -0.3 is 9.47 Å². The van der Waals surface area contributed by atoms with Crippen LogP contribution in [0.4, 0.5) is 10.5 Å². The van der Waals surface area contributed by atoms with Gasteiger partial charge in [-0.15, -0.1) is 0 Å². The van der Waals surface area contributed by atoms with Crippen molar-refractivity contribution >= 4 is 22.0 Å². The van der Waals surface area contributed by atoms with Gasteiger partial charge in [0, 0.05) is 26.5 Å². The van der Waals surface area contributed by atoms with Crippen LogP contribution in [0.15, 0.2) is 12.4 Å². The molecule has 1 aliphatic rings. The van der Waals surface area contributed by atoms with Crippen LogP contribution in [0.1, 0.15) is 33.6 Å². The van der Waals surface area contributed by atoms with Gasteiger partial charge in [0.15, 0.2) is 0 Å². The van der Waals surface area contributed by atoms with Crippen molar-refractivity contribution in [3.8, 4) is 0 Å². The van der Waals surface area contributed by atoms with E-state index in [0.717, 1.165) is 0 Å². The fourth-order valence-corrected chi connectivity index (χ4v) is 3.77. The second-order valence-electron chi connectivity index (χ2n) is 6.62. The number of hydrogen-bond acceptors (Lipinski definition) is 6. The van der Waals surface area contributed by atoms with Crippen LogP contribution in [0, 0.1) is 0 Å². The second kappa shape index (κ2) is 6.98. The summed E-state index contributed by atoms with van der Waals surface area (Å²) in [7, 11) is -2.44. The van der Waals surface area contributed by atoms with Crippen molar-refractivity contribution < 1.29 is 22.7 Å². The molecule has 0 aromatic carbocycles. The van der Waals surface area contributed by atoms with Crippen molar-refractivity contribution in [2.45, 2.75) is 45.3 Å². The Morgan fingerprint density at radius 3 is 2.54 bits per heavy atom. The predicted octanol–water partition coefficient (Wildman–Crippen LogP) is 1.17. The maximum atomic E-state index is 12.8. The molecule has 1 aliphatic heterocycles.